The van der Waals surface area contributed by atoms with Crippen molar-refractivity contribution in [2.24, 2.45) is 5.73 Å². The molecule has 0 unspecified atom stereocenters. The number of morpholine rings is 1. The smallest absolute Gasteiger partial charge is 0.243 e. The number of ether oxygens (including phenoxy) is 1. The van der Waals surface area contributed by atoms with Crippen LogP contribution in [0, 0.1) is 13.8 Å². The number of carbonyl (C=O) groups excluding carboxylic acids is 1. The highest BCUT2D eigenvalue weighted by Gasteiger charge is 2.42. The summed E-state index contributed by atoms with van der Waals surface area (Å²) < 4.78 is 5.49. The first-order chi connectivity index (χ1) is 12.9. The molecule has 2 fully saturated rings. The van der Waals surface area contributed by atoms with Crippen LogP contribution >= 0.6 is 0 Å². The van der Waals surface area contributed by atoms with Gasteiger partial charge in [-0.1, -0.05) is 23.8 Å². The minimum absolute atomic E-state index is 0.0546. The highest BCUT2D eigenvalue weighted by Crippen LogP contribution is 2.27. The van der Waals surface area contributed by atoms with E-state index < -0.39 is 5.66 Å². The number of carbonyl (C=O) groups is 1. The maximum Gasteiger partial charge on any atom is 0.243 e. The van der Waals surface area contributed by atoms with Crippen LogP contribution < -0.4 is 5.73 Å². The highest BCUT2D eigenvalue weighted by molar-refractivity contribution is 5.79. The van der Waals surface area contributed by atoms with Gasteiger partial charge in [0.1, 0.15) is 5.66 Å². The van der Waals surface area contributed by atoms with Gasteiger partial charge in [-0.15, -0.1) is 0 Å². The van der Waals surface area contributed by atoms with Gasteiger partial charge in [0.25, 0.3) is 0 Å². The number of piperidine rings is 1. The number of hydrazine groups is 1. The molecule has 1 aromatic rings. The van der Waals surface area contributed by atoms with E-state index in [9.17, 15) is 4.79 Å². The van der Waals surface area contributed by atoms with Gasteiger partial charge in [0.15, 0.2) is 0 Å². The second kappa shape index (κ2) is 8.67. The van der Waals surface area contributed by atoms with Crippen LogP contribution in [0.25, 0.3) is 0 Å². The summed E-state index contributed by atoms with van der Waals surface area (Å²) >= 11 is 0. The first-order valence-corrected chi connectivity index (χ1v) is 9.73. The number of aryl methyl sites for hydroxylation is 2. The Labute approximate surface area is 161 Å². The summed E-state index contributed by atoms with van der Waals surface area (Å²) in [6.07, 6.45) is 1.71. The molecule has 2 aliphatic heterocycles. The third-order valence-electron chi connectivity index (χ3n) is 5.62. The fourth-order valence-electron chi connectivity index (χ4n) is 3.94. The van der Waals surface area contributed by atoms with Gasteiger partial charge in [-0.2, -0.15) is 5.06 Å². The lowest BCUT2D eigenvalue weighted by Crippen LogP contribution is -2.69. The average molecular weight is 377 g/mol. The van der Waals surface area contributed by atoms with Crippen LogP contribution in [-0.4, -0.2) is 73.2 Å². The molecule has 0 radical (unpaired) electrons. The molecule has 7 heteroatoms. The third-order valence-corrected chi connectivity index (χ3v) is 5.62. The number of nitrogens with zero attached hydrogens (tertiary/aromatic N) is 3. The van der Waals surface area contributed by atoms with Crippen LogP contribution in [0.2, 0.25) is 0 Å². The Bertz CT molecular complexity index is 653. The van der Waals surface area contributed by atoms with E-state index in [1.807, 2.05) is 10.1 Å². The molecule has 2 aliphatic rings. The summed E-state index contributed by atoms with van der Waals surface area (Å²) in [5.41, 5.74) is 9.49. The van der Waals surface area contributed by atoms with E-state index in [0.29, 0.717) is 58.7 Å². The van der Waals surface area contributed by atoms with Crippen LogP contribution in [0.3, 0.4) is 0 Å². The lowest BCUT2D eigenvalue weighted by atomic mass is 9.96. The summed E-state index contributed by atoms with van der Waals surface area (Å²) in [7, 11) is 1.68. The molecular formula is C20H32N4O3. The molecule has 0 spiro atoms. The topological polar surface area (TPSA) is 71.3 Å². The van der Waals surface area contributed by atoms with E-state index in [1.54, 1.807) is 7.11 Å². The van der Waals surface area contributed by atoms with Crippen molar-refractivity contribution in [3.8, 4) is 0 Å². The largest absolute Gasteiger partial charge is 0.379 e. The minimum atomic E-state index is -0.693. The van der Waals surface area contributed by atoms with E-state index in [2.05, 4.69) is 37.1 Å². The Morgan fingerprint density at radius 1 is 1.22 bits per heavy atom. The maximum absolute atomic E-state index is 13.4. The van der Waals surface area contributed by atoms with Crippen molar-refractivity contribution in [3.63, 3.8) is 0 Å². The first-order valence-electron chi connectivity index (χ1n) is 9.73. The Hall–Kier alpha value is -1.51. The molecule has 7 nitrogen and oxygen atoms in total. The van der Waals surface area contributed by atoms with Crippen LogP contribution in [0.5, 0.6) is 0 Å². The number of hydroxylamine groups is 2. The van der Waals surface area contributed by atoms with E-state index in [4.69, 9.17) is 15.3 Å². The normalized spacial score (nSPS) is 21.2. The van der Waals surface area contributed by atoms with Gasteiger partial charge < -0.3 is 15.3 Å². The van der Waals surface area contributed by atoms with Gasteiger partial charge in [0, 0.05) is 39.0 Å². The van der Waals surface area contributed by atoms with Crippen molar-refractivity contribution >= 4 is 5.91 Å². The molecule has 0 atom stereocenters. The van der Waals surface area contributed by atoms with Gasteiger partial charge in [-0.05, 0) is 25.0 Å². The van der Waals surface area contributed by atoms with Gasteiger partial charge in [0.2, 0.25) is 5.91 Å². The lowest BCUT2D eigenvalue weighted by Gasteiger charge is -2.50. The number of rotatable bonds is 5. The molecule has 0 aliphatic carbocycles. The predicted molar refractivity (Wildman–Crippen MR) is 104 cm³/mol. The fraction of sp³-hybridized carbons (Fsp3) is 0.650. The number of benzene rings is 1. The molecule has 0 saturated carbocycles. The minimum Gasteiger partial charge on any atom is -0.379 e. The highest BCUT2D eigenvalue weighted by atomic mass is 16.7. The lowest BCUT2D eigenvalue weighted by molar-refractivity contribution is -0.205. The van der Waals surface area contributed by atoms with Gasteiger partial charge in [-0.25, -0.2) is 5.01 Å². The molecule has 0 aromatic heterocycles. The number of nitrogens with two attached hydrogens (primary N) is 1. The molecular weight excluding hydrogens is 344 g/mol. The predicted octanol–water partition coefficient (Wildman–Crippen LogP) is 1.23. The fourth-order valence-corrected chi connectivity index (χ4v) is 3.94. The summed E-state index contributed by atoms with van der Waals surface area (Å²) in [4.78, 5) is 18.8. The van der Waals surface area contributed by atoms with Gasteiger partial charge >= 0.3 is 0 Å². The van der Waals surface area contributed by atoms with E-state index in [0.717, 1.165) is 16.7 Å². The molecule has 0 bridgehead atoms. The third kappa shape index (κ3) is 4.67. The van der Waals surface area contributed by atoms with E-state index >= 15 is 0 Å². The Balaban J connectivity index is 1.83. The Kier molecular flexibility index (Phi) is 6.49. The van der Waals surface area contributed by atoms with E-state index in [1.165, 1.54) is 0 Å². The number of amides is 1. The van der Waals surface area contributed by atoms with Crippen molar-refractivity contribution < 1.29 is 14.4 Å². The van der Waals surface area contributed by atoms with E-state index in [-0.39, 0.29) is 5.91 Å². The van der Waals surface area contributed by atoms with Crippen LogP contribution in [0.4, 0.5) is 0 Å². The summed E-state index contributed by atoms with van der Waals surface area (Å²) in [5.74, 6) is 0.0546. The second-order valence-corrected chi connectivity index (χ2v) is 7.59. The van der Waals surface area contributed by atoms with Crippen molar-refractivity contribution in [1.29, 1.82) is 0 Å². The molecule has 2 N–H and O–H groups in total. The molecule has 2 heterocycles. The van der Waals surface area contributed by atoms with Crippen LogP contribution in [0.1, 0.15) is 29.5 Å². The van der Waals surface area contributed by atoms with Crippen LogP contribution in [-0.2, 0) is 20.8 Å². The SMILES string of the molecule is CON1CCC(N)(N(C(=O)Cc2cc(C)ccc2C)N2CCOCC2)CC1. The van der Waals surface area contributed by atoms with Crippen molar-refractivity contribution in [2.45, 2.75) is 38.8 Å². The van der Waals surface area contributed by atoms with Crippen LogP contribution in [0.15, 0.2) is 18.2 Å². The quantitative estimate of drug-likeness (QED) is 0.780. The monoisotopic (exact) mass is 376 g/mol. The summed E-state index contributed by atoms with van der Waals surface area (Å²) in [6.45, 7) is 8.14. The zero-order valence-electron chi connectivity index (χ0n) is 16.7. The molecule has 3 rings (SSSR count). The van der Waals surface area contributed by atoms with Crippen molar-refractivity contribution in [2.75, 3.05) is 46.5 Å². The standard InChI is InChI=1S/C20H32N4O3/c1-16-4-5-17(2)18(14-16)15-19(25)24(22-10-12-27-13-11-22)20(21)6-8-23(26-3)9-7-20/h4-5,14H,6-13,15,21H2,1-3H3. The molecule has 1 aromatic carbocycles. The first kappa shape index (κ1) is 20.2. The maximum atomic E-state index is 13.4. The zero-order valence-corrected chi connectivity index (χ0v) is 16.7. The van der Waals surface area contributed by atoms with Gasteiger partial charge in [0.05, 0.1) is 26.7 Å². The molecule has 1 amide bonds. The Morgan fingerprint density at radius 2 is 1.89 bits per heavy atom. The summed E-state index contributed by atoms with van der Waals surface area (Å²) in [6, 6.07) is 6.25. The number of hydrogen-bond donors (Lipinski definition) is 1. The van der Waals surface area contributed by atoms with Crippen molar-refractivity contribution in [3.05, 3.63) is 34.9 Å². The molecule has 27 heavy (non-hydrogen) atoms. The average Bonchev–Trinajstić information content (AvgIpc) is 2.66. The molecule has 150 valence electrons. The second-order valence-electron chi connectivity index (χ2n) is 7.59. The molecule has 2 saturated heterocycles. The van der Waals surface area contributed by atoms with Gasteiger partial charge in [-0.3, -0.25) is 9.80 Å². The zero-order chi connectivity index (χ0) is 19.4. The Morgan fingerprint density at radius 3 is 2.52 bits per heavy atom. The van der Waals surface area contributed by atoms with Crippen molar-refractivity contribution in [1.82, 2.24) is 15.1 Å². The summed E-state index contributed by atoms with van der Waals surface area (Å²) in [5, 5.41) is 5.82. The number of hydrogen-bond acceptors (Lipinski definition) is 6.